The summed E-state index contributed by atoms with van der Waals surface area (Å²) in [6, 6.07) is 13.9. The standard InChI is InChI=1S/C24H30N4O4/c1-24(2,3)32-23(31)27-20-11-7-9-18(15-20)21(29)25-16-17-8-6-10-19(14-17)26-22(30)28-12-4-5-13-28/h6-11,14-15H,4-5,12-13,16H2,1-3H3,(H,25,29)(H,26,30)(H,27,31). The molecule has 170 valence electrons. The lowest BCUT2D eigenvalue weighted by Crippen LogP contribution is -2.32. The van der Waals surface area contributed by atoms with Gasteiger partial charge in [-0.1, -0.05) is 18.2 Å². The molecule has 1 saturated heterocycles. The number of hydrogen-bond donors (Lipinski definition) is 3. The number of likely N-dealkylation sites (tertiary alicyclic amines) is 1. The maximum Gasteiger partial charge on any atom is 0.412 e. The van der Waals surface area contributed by atoms with Gasteiger partial charge in [0.05, 0.1) is 0 Å². The van der Waals surface area contributed by atoms with Crippen LogP contribution in [0.15, 0.2) is 48.5 Å². The summed E-state index contributed by atoms with van der Waals surface area (Å²) in [5.41, 5.74) is 1.83. The van der Waals surface area contributed by atoms with Crippen LogP contribution in [-0.2, 0) is 11.3 Å². The smallest absolute Gasteiger partial charge is 0.412 e. The number of rotatable bonds is 5. The van der Waals surface area contributed by atoms with Crippen LogP contribution in [0.3, 0.4) is 0 Å². The van der Waals surface area contributed by atoms with Crippen LogP contribution in [0.1, 0.15) is 49.5 Å². The van der Waals surface area contributed by atoms with E-state index in [1.807, 2.05) is 24.3 Å². The van der Waals surface area contributed by atoms with E-state index in [4.69, 9.17) is 4.74 Å². The minimum absolute atomic E-state index is 0.0991. The molecule has 1 heterocycles. The van der Waals surface area contributed by atoms with Crippen molar-refractivity contribution in [3.63, 3.8) is 0 Å². The van der Waals surface area contributed by atoms with E-state index in [1.54, 1.807) is 49.9 Å². The third-order valence-electron chi connectivity index (χ3n) is 4.79. The maximum absolute atomic E-state index is 12.6. The molecule has 4 amide bonds. The molecule has 0 unspecified atom stereocenters. The molecule has 32 heavy (non-hydrogen) atoms. The van der Waals surface area contributed by atoms with Gasteiger partial charge in [0.1, 0.15) is 5.60 Å². The lowest BCUT2D eigenvalue weighted by molar-refractivity contribution is 0.0635. The van der Waals surface area contributed by atoms with Crippen molar-refractivity contribution in [2.24, 2.45) is 0 Å². The monoisotopic (exact) mass is 438 g/mol. The van der Waals surface area contributed by atoms with Crippen molar-refractivity contribution in [1.29, 1.82) is 0 Å². The number of nitrogens with one attached hydrogen (secondary N) is 3. The summed E-state index contributed by atoms with van der Waals surface area (Å²) in [7, 11) is 0. The van der Waals surface area contributed by atoms with Gasteiger partial charge in [0.25, 0.3) is 5.91 Å². The molecule has 8 nitrogen and oxygen atoms in total. The molecule has 2 aromatic carbocycles. The number of benzene rings is 2. The minimum atomic E-state index is -0.610. The molecular formula is C24H30N4O4. The zero-order valence-corrected chi connectivity index (χ0v) is 18.7. The van der Waals surface area contributed by atoms with E-state index in [0.29, 0.717) is 23.5 Å². The summed E-state index contributed by atoms with van der Waals surface area (Å²) in [5, 5.41) is 8.40. The van der Waals surface area contributed by atoms with E-state index in [1.165, 1.54) is 0 Å². The van der Waals surface area contributed by atoms with Gasteiger partial charge >= 0.3 is 12.1 Å². The molecule has 1 aliphatic heterocycles. The van der Waals surface area contributed by atoms with Crippen molar-refractivity contribution in [3.05, 3.63) is 59.7 Å². The van der Waals surface area contributed by atoms with Crippen molar-refractivity contribution in [2.75, 3.05) is 23.7 Å². The van der Waals surface area contributed by atoms with E-state index < -0.39 is 11.7 Å². The van der Waals surface area contributed by atoms with E-state index >= 15 is 0 Å². The van der Waals surface area contributed by atoms with Crippen molar-refractivity contribution in [2.45, 2.75) is 45.8 Å². The van der Waals surface area contributed by atoms with Crippen LogP contribution >= 0.6 is 0 Å². The fourth-order valence-corrected chi connectivity index (χ4v) is 3.33. The van der Waals surface area contributed by atoms with Gasteiger partial charge in [-0.15, -0.1) is 0 Å². The number of urea groups is 1. The summed E-state index contributed by atoms with van der Waals surface area (Å²) >= 11 is 0. The molecule has 3 rings (SSSR count). The molecule has 0 aromatic heterocycles. The third kappa shape index (κ3) is 7.01. The summed E-state index contributed by atoms with van der Waals surface area (Å²) in [6.45, 7) is 7.21. The lowest BCUT2D eigenvalue weighted by atomic mass is 10.1. The molecule has 3 N–H and O–H groups in total. The van der Waals surface area contributed by atoms with E-state index in [0.717, 1.165) is 31.5 Å². The van der Waals surface area contributed by atoms with Gasteiger partial charge in [-0.3, -0.25) is 10.1 Å². The van der Waals surface area contributed by atoms with Gasteiger partial charge in [-0.05, 0) is 69.5 Å². The summed E-state index contributed by atoms with van der Waals surface area (Å²) in [6.07, 6.45) is 1.49. The number of nitrogens with zero attached hydrogens (tertiary/aromatic N) is 1. The average Bonchev–Trinajstić information content (AvgIpc) is 3.26. The van der Waals surface area contributed by atoms with Crippen LogP contribution < -0.4 is 16.0 Å². The Bertz CT molecular complexity index is 978. The summed E-state index contributed by atoms with van der Waals surface area (Å²) in [5.74, 6) is -0.274. The van der Waals surface area contributed by atoms with Crippen LogP contribution in [0.25, 0.3) is 0 Å². The highest BCUT2D eigenvalue weighted by molar-refractivity contribution is 5.96. The Hall–Kier alpha value is -3.55. The number of carbonyl (C=O) groups is 3. The normalized spacial score (nSPS) is 13.4. The highest BCUT2D eigenvalue weighted by Crippen LogP contribution is 2.16. The van der Waals surface area contributed by atoms with Crippen LogP contribution in [-0.4, -0.2) is 41.6 Å². The zero-order valence-electron chi connectivity index (χ0n) is 18.7. The Morgan fingerprint density at radius 3 is 2.28 bits per heavy atom. The SMILES string of the molecule is CC(C)(C)OC(=O)Nc1cccc(C(=O)NCc2cccc(NC(=O)N3CCCC3)c2)c1. The predicted molar refractivity (Wildman–Crippen MR) is 124 cm³/mol. The second-order valence-corrected chi connectivity index (χ2v) is 8.72. The highest BCUT2D eigenvalue weighted by Gasteiger charge is 2.18. The Morgan fingerprint density at radius 1 is 0.938 bits per heavy atom. The first-order chi connectivity index (χ1) is 15.2. The van der Waals surface area contributed by atoms with Crippen LogP contribution in [0.2, 0.25) is 0 Å². The highest BCUT2D eigenvalue weighted by atomic mass is 16.6. The second kappa shape index (κ2) is 10.2. The zero-order chi connectivity index (χ0) is 23.1. The molecule has 1 aliphatic rings. The molecule has 0 spiro atoms. The molecule has 0 aliphatic carbocycles. The molecular weight excluding hydrogens is 408 g/mol. The van der Waals surface area contributed by atoms with Crippen molar-refractivity contribution < 1.29 is 19.1 Å². The number of carbonyl (C=O) groups excluding carboxylic acids is 3. The number of amides is 4. The average molecular weight is 439 g/mol. The molecule has 1 fully saturated rings. The van der Waals surface area contributed by atoms with E-state index in [9.17, 15) is 14.4 Å². The van der Waals surface area contributed by atoms with Crippen LogP contribution in [0, 0.1) is 0 Å². The van der Waals surface area contributed by atoms with Gasteiger partial charge in [0.15, 0.2) is 0 Å². The van der Waals surface area contributed by atoms with Crippen molar-refractivity contribution in [3.8, 4) is 0 Å². The van der Waals surface area contributed by atoms with Gasteiger partial charge in [0, 0.05) is 36.6 Å². The Kier molecular flexibility index (Phi) is 7.35. The summed E-state index contributed by atoms with van der Waals surface area (Å²) in [4.78, 5) is 38.6. The molecule has 2 aromatic rings. The lowest BCUT2D eigenvalue weighted by Gasteiger charge is -2.19. The van der Waals surface area contributed by atoms with Gasteiger partial charge < -0.3 is 20.3 Å². The molecule has 0 saturated carbocycles. The van der Waals surface area contributed by atoms with Crippen molar-refractivity contribution >= 4 is 29.4 Å². The molecule has 8 heteroatoms. The molecule has 0 atom stereocenters. The summed E-state index contributed by atoms with van der Waals surface area (Å²) < 4.78 is 5.23. The molecule has 0 bridgehead atoms. The fraction of sp³-hybridized carbons (Fsp3) is 0.375. The second-order valence-electron chi connectivity index (χ2n) is 8.72. The fourth-order valence-electron chi connectivity index (χ4n) is 3.33. The van der Waals surface area contributed by atoms with E-state index in [2.05, 4.69) is 16.0 Å². The minimum Gasteiger partial charge on any atom is -0.444 e. The largest absolute Gasteiger partial charge is 0.444 e. The van der Waals surface area contributed by atoms with E-state index in [-0.39, 0.29) is 11.9 Å². The van der Waals surface area contributed by atoms with Crippen LogP contribution in [0.4, 0.5) is 21.0 Å². The first kappa shape index (κ1) is 23.1. The quantitative estimate of drug-likeness (QED) is 0.636. The van der Waals surface area contributed by atoms with Crippen LogP contribution in [0.5, 0.6) is 0 Å². The Balaban J connectivity index is 1.55. The third-order valence-corrected chi connectivity index (χ3v) is 4.79. The Labute approximate surface area is 188 Å². The first-order valence-electron chi connectivity index (χ1n) is 10.7. The van der Waals surface area contributed by atoms with Crippen molar-refractivity contribution in [1.82, 2.24) is 10.2 Å². The topological polar surface area (TPSA) is 99.8 Å². The number of anilines is 2. The van der Waals surface area contributed by atoms with Gasteiger partial charge in [-0.25, -0.2) is 9.59 Å². The molecule has 0 radical (unpaired) electrons. The maximum atomic E-state index is 12.6. The number of hydrogen-bond acceptors (Lipinski definition) is 4. The Morgan fingerprint density at radius 2 is 1.59 bits per heavy atom. The predicted octanol–water partition coefficient (Wildman–Crippen LogP) is 4.59. The first-order valence-corrected chi connectivity index (χ1v) is 10.7. The number of ether oxygens (including phenoxy) is 1. The van der Waals surface area contributed by atoms with Gasteiger partial charge in [0.2, 0.25) is 0 Å². The van der Waals surface area contributed by atoms with Gasteiger partial charge in [-0.2, -0.15) is 0 Å².